The van der Waals surface area contributed by atoms with Gasteiger partial charge in [-0.1, -0.05) is 11.6 Å². The number of fused-ring (bicyclic) bond motifs is 1. The van der Waals surface area contributed by atoms with Gasteiger partial charge in [0.1, 0.15) is 0 Å². The summed E-state index contributed by atoms with van der Waals surface area (Å²) in [5.41, 5.74) is 6.32. The molecule has 1 aliphatic rings. The molecule has 1 amide bonds. The summed E-state index contributed by atoms with van der Waals surface area (Å²) < 4.78 is 0. The van der Waals surface area contributed by atoms with E-state index in [-0.39, 0.29) is 5.91 Å². The van der Waals surface area contributed by atoms with E-state index in [1.807, 2.05) is 26.8 Å². The molecule has 1 aliphatic carbocycles. The second-order valence-corrected chi connectivity index (χ2v) is 10.3. The average molecular weight is 497 g/mol. The summed E-state index contributed by atoms with van der Waals surface area (Å²) in [5, 5.41) is 11.9. The van der Waals surface area contributed by atoms with E-state index in [4.69, 9.17) is 11.6 Å². The van der Waals surface area contributed by atoms with Crippen molar-refractivity contribution in [2.24, 2.45) is 0 Å². The Labute approximate surface area is 213 Å². The fourth-order valence-corrected chi connectivity index (χ4v) is 5.75. The third kappa shape index (κ3) is 5.16. The van der Waals surface area contributed by atoms with E-state index in [2.05, 4.69) is 51.3 Å². The van der Waals surface area contributed by atoms with Crippen molar-refractivity contribution in [3.8, 4) is 0 Å². The summed E-state index contributed by atoms with van der Waals surface area (Å²) in [4.78, 5) is 22.8. The third-order valence-electron chi connectivity index (χ3n) is 7.61. The first kappa shape index (κ1) is 25.5. The SMILES string of the molecule is CCN(c1cc(Cl)cc(C(=O)NCc2c(C)nc(C)c3cn[nH]c23)c1C)C1CCC(N(C)C)CC1. The molecule has 0 saturated heterocycles. The van der Waals surface area contributed by atoms with Crippen LogP contribution in [-0.2, 0) is 6.54 Å². The van der Waals surface area contributed by atoms with Gasteiger partial charge in [-0.05, 0) is 85.2 Å². The van der Waals surface area contributed by atoms with Crippen molar-refractivity contribution in [1.29, 1.82) is 0 Å². The van der Waals surface area contributed by atoms with Crippen LogP contribution in [0.4, 0.5) is 5.69 Å². The van der Waals surface area contributed by atoms with Gasteiger partial charge in [-0.2, -0.15) is 5.10 Å². The second-order valence-electron chi connectivity index (χ2n) is 9.91. The van der Waals surface area contributed by atoms with Crippen molar-refractivity contribution < 1.29 is 4.79 Å². The summed E-state index contributed by atoms with van der Waals surface area (Å²) in [6, 6.07) is 4.89. The molecule has 2 aromatic heterocycles. The van der Waals surface area contributed by atoms with E-state index < -0.39 is 0 Å². The van der Waals surface area contributed by atoms with Crippen LogP contribution in [0.3, 0.4) is 0 Å². The van der Waals surface area contributed by atoms with Crippen LogP contribution in [0.2, 0.25) is 5.02 Å². The summed E-state index contributed by atoms with van der Waals surface area (Å²) in [6.45, 7) is 9.38. The number of aryl methyl sites for hydroxylation is 2. The molecule has 1 saturated carbocycles. The van der Waals surface area contributed by atoms with Crippen molar-refractivity contribution in [1.82, 2.24) is 25.4 Å². The van der Waals surface area contributed by atoms with E-state index in [0.29, 0.717) is 29.2 Å². The Hall–Kier alpha value is -2.64. The number of halogens is 1. The lowest BCUT2D eigenvalue weighted by molar-refractivity contribution is 0.0950. The Balaban J connectivity index is 1.56. The van der Waals surface area contributed by atoms with Crippen LogP contribution in [-0.4, -0.2) is 58.7 Å². The van der Waals surface area contributed by atoms with Gasteiger partial charge in [0.2, 0.25) is 0 Å². The zero-order valence-corrected chi connectivity index (χ0v) is 22.5. The number of H-pyrrole nitrogens is 1. The molecule has 0 radical (unpaired) electrons. The zero-order valence-electron chi connectivity index (χ0n) is 21.7. The molecule has 3 aromatic rings. The number of amides is 1. The van der Waals surface area contributed by atoms with Gasteiger partial charge in [0.05, 0.1) is 11.7 Å². The number of nitrogens with one attached hydrogen (secondary N) is 2. The number of pyridine rings is 1. The van der Waals surface area contributed by atoms with Crippen LogP contribution in [0.5, 0.6) is 0 Å². The number of benzene rings is 1. The minimum atomic E-state index is -0.133. The molecular weight excluding hydrogens is 460 g/mol. The van der Waals surface area contributed by atoms with Gasteiger partial charge in [0, 0.05) is 63.8 Å². The number of anilines is 1. The third-order valence-corrected chi connectivity index (χ3v) is 7.82. The smallest absolute Gasteiger partial charge is 0.251 e. The summed E-state index contributed by atoms with van der Waals surface area (Å²) in [7, 11) is 4.33. The Bertz CT molecular complexity index is 1210. The lowest BCUT2D eigenvalue weighted by atomic mass is 9.89. The number of carbonyl (C=O) groups excluding carboxylic acids is 1. The van der Waals surface area contributed by atoms with Gasteiger partial charge in [0.15, 0.2) is 0 Å². The maximum atomic E-state index is 13.4. The highest BCUT2D eigenvalue weighted by molar-refractivity contribution is 6.31. The number of hydrogen-bond acceptors (Lipinski definition) is 5. The van der Waals surface area contributed by atoms with Crippen LogP contribution >= 0.6 is 11.6 Å². The Morgan fingerprint density at radius 2 is 1.80 bits per heavy atom. The van der Waals surface area contributed by atoms with Crippen molar-refractivity contribution in [2.75, 3.05) is 25.5 Å². The lowest BCUT2D eigenvalue weighted by Gasteiger charge is -2.40. The van der Waals surface area contributed by atoms with E-state index in [1.54, 1.807) is 12.3 Å². The fourth-order valence-electron chi connectivity index (χ4n) is 5.54. The summed E-state index contributed by atoms with van der Waals surface area (Å²) in [5.74, 6) is -0.133. The van der Waals surface area contributed by atoms with Crippen LogP contribution in [0.1, 0.15) is 65.5 Å². The molecule has 2 N–H and O–H groups in total. The quantitative estimate of drug-likeness (QED) is 0.472. The van der Waals surface area contributed by atoms with Gasteiger partial charge in [0.25, 0.3) is 5.91 Å². The molecular formula is C27H37ClN6O. The topological polar surface area (TPSA) is 77.1 Å². The summed E-state index contributed by atoms with van der Waals surface area (Å²) in [6.07, 6.45) is 6.44. The maximum Gasteiger partial charge on any atom is 0.251 e. The van der Waals surface area contributed by atoms with Crippen molar-refractivity contribution in [2.45, 2.75) is 72.0 Å². The van der Waals surface area contributed by atoms with Crippen LogP contribution in [0.25, 0.3) is 10.9 Å². The zero-order chi connectivity index (χ0) is 25.3. The van der Waals surface area contributed by atoms with Crippen molar-refractivity contribution in [3.05, 3.63) is 51.4 Å². The predicted molar refractivity (Wildman–Crippen MR) is 143 cm³/mol. The fraction of sp³-hybridized carbons (Fsp3) is 0.519. The van der Waals surface area contributed by atoms with E-state index in [0.717, 1.165) is 58.5 Å². The number of aromatic nitrogens is 3. The van der Waals surface area contributed by atoms with Crippen molar-refractivity contribution >= 4 is 34.1 Å². The van der Waals surface area contributed by atoms with Gasteiger partial charge >= 0.3 is 0 Å². The first-order chi connectivity index (χ1) is 16.7. The average Bonchev–Trinajstić information content (AvgIpc) is 3.32. The number of hydrogen-bond donors (Lipinski definition) is 2. The molecule has 0 atom stereocenters. The minimum absolute atomic E-state index is 0.133. The van der Waals surface area contributed by atoms with Gasteiger partial charge in [-0.15, -0.1) is 0 Å². The van der Waals surface area contributed by atoms with Gasteiger partial charge in [-0.3, -0.25) is 14.9 Å². The van der Waals surface area contributed by atoms with Crippen LogP contribution < -0.4 is 10.2 Å². The number of nitrogens with zero attached hydrogens (tertiary/aromatic N) is 4. The van der Waals surface area contributed by atoms with Crippen molar-refractivity contribution in [3.63, 3.8) is 0 Å². The van der Waals surface area contributed by atoms with E-state index >= 15 is 0 Å². The second kappa shape index (κ2) is 10.5. The number of carbonyl (C=O) groups is 1. The molecule has 1 aromatic carbocycles. The standard InChI is InChI=1S/C27H37ClN6O/c1-7-34(21-10-8-20(9-11-21)33(5)6)25-13-19(28)12-22(16(25)2)27(35)29-14-23-17(3)31-18(4)24-15-30-32-26(23)24/h12-13,15,20-21H,7-11,14H2,1-6H3,(H,29,35)(H,30,32). The van der Waals surface area contributed by atoms with Gasteiger partial charge in [-0.25, -0.2) is 0 Å². The first-order valence-electron chi connectivity index (χ1n) is 12.5. The normalized spacial score (nSPS) is 18.3. The molecule has 7 nitrogen and oxygen atoms in total. The first-order valence-corrected chi connectivity index (χ1v) is 12.9. The number of aromatic amines is 1. The molecule has 0 unspecified atom stereocenters. The highest BCUT2D eigenvalue weighted by Gasteiger charge is 2.28. The van der Waals surface area contributed by atoms with Gasteiger partial charge < -0.3 is 15.1 Å². The molecule has 2 heterocycles. The molecule has 188 valence electrons. The van der Waals surface area contributed by atoms with Crippen LogP contribution in [0, 0.1) is 20.8 Å². The van der Waals surface area contributed by atoms with E-state index in [1.165, 1.54) is 12.8 Å². The maximum absolute atomic E-state index is 13.4. The van der Waals surface area contributed by atoms with Crippen LogP contribution in [0.15, 0.2) is 18.3 Å². The summed E-state index contributed by atoms with van der Waals surface area (Å²) >= 11 is 6.56. The largest absolute Gasteiger partial charge is 0.369 e. The predicted octanol–water partition coefficient (Wildman–Crippen LogP) is 5.17. The highest BCUT2D eigenvalue weighted by Crippen LogP contribution is 2.34. The molecule has 4 rings (SSSR count). The Morgan fingerprint density at radius 1 is 1.11 bits per heavy atom. The molecule has 0 spiro atoms. The molecule has 1 fully saturated rings. The number of rotatable bonds is 7. The monoisotopic (exact) mass is 496 g/mol. The Kier molecular flexibility index (Phi) is 7.67. The lowest BCUT2D eigenvalue weighted by Crippen LogP contribution is -2.42. The molecule has 35 heavy (non-hydrogen) atoms. The minimum Gasteiger partial charge on any atom is -0.369 e. The molecule has 0 aliphatic heterocycles. The van der Waals surface area contributed by atoms with E-state index in [9.17, 15) is 4.79 Å². The molecule has 8 heteroatoms. The molecule has 0 bridgehead atoms. The Morgan fingerprint density at radius 3 is 2.46 bits per heavy atom. The highest BCUT2D eigenvalue weighted by atomic mass is 35.5.